The van der Waals surface area contributed by atoms with Gasteiger partial charge in [-0.2, -0.15) is 0 Å². The summed E-state index contributed by atoms with van der Waals surface area (Å²) in [4.78, 5) is 30.5. The van der Waals surface area contributed by atoms with Crippen molar-refractivity contribution in [2.75, 3.05) is 6.54 Å². The first-order valence-electron chi connectivity index (χ1n) is 19.4. The zero-order chi connectivity index (χ0) is 35.0. The predicted molar refractivity (Wildman–Crippen MR) is 197 cm³/mol. The molecule has 4 saturated carbocycles. The Morgan fingerprint density at radius 3 is 2.31 bits per heavy atom. The van der Waals surface area contributed by atoms with Crippen molar-refractivity contribution in [3.63, 3.8) is 0 Å². The molecule has 2 aromatic rings. The van der Waals surface area contributed by atoms with E-state index in [4.69, 9.17) is 0 Å². The fraction of sp³-hybridized carbons (Fsp3) is 0.659. The molecule has 49 heavy (non-hydrogen) atoms. The molecule has 0 radical (unpaired) electrons. The third-order valence-corrected chi connectivity index (χ3v) is 16.2. The molecule has 5 aliphatic carbocycles. The molecule has 1 amide bonds. The van der Waals surface area contributed by atoms with Crippen molar-refractivity contribution in [1.29, 1.82) is 0 Å². The molecule has 2 N–H and O–H groups in total. The standard InChI is InChI=1S/C44H60N2O3/c1-28(2)32-17-23-44(39(49)46-27-20-31-10-8-9-26-45-31)25-24-42(6)34(37(32)44)15-16-36-41(5)21-18-33(29-11-13-30(14-12-29)38(47)48)40(3,4)35(41)19-22-43(36,42)7/h8-14,18,26,28,32,34-37H,15-17,19-25,27H2,1-7H3,(H,46,49)(H,47,48)/t32-,34+,35-,36+,37+,41-,42+,43+,44-/m0/s1. The number of aromatic carboxylic acids is 1. The predicted octanol–water partition coefficient (Wildman–Crippen LogP) is 9.87. The molecule has 1 aromatic heterocycles. The SMILES string of the molecule is CC(C)[C@@H]1CC[C@]2(C(=O)NCCc3ccccn3)CC[C@]3(C)[C@H](CC[C@@H]4[C@@]5(C)CC=C(c6ccc(C(=O)O)cc6)C(C)(C)[C@@H]5CC[C@]43C)[C@@H]12. The maximum Gasteiger partial charge on any atom is 0.335 e. The minimum absolute atomic E-state index is 0.0000907. The Kier molecular flexibility index (Phi) is 8.51. The van der Waals surface area contributed by atoms with Gasteiger partial charge >= 0.3 is 5.97 Å². The van der Waals surface area contributed by atoms with E-state index in [1.807, 2.05) is 30.5 Å². The number of nitrogens with one attached hydrogen (secondary N) is 1. The Balaban J connectivity index is 1.17. The van der Waals surface area contributed by atoms with Gasteiger partial charge in [-0.25, -0.2) is 4.79 Å². The van der Waals surface area contributed by atoms with Crippen LogP contribution in [0.3, 0.4) is 0 Å². The van der Waals surface area contributed by atoms with Gasteiger partial charge in [0.25, 0.3) is 0 Å². The lowest BCUT2D eigenvalue weighted by Crippen LogP contribution is -2.66. The lowest BCUT2D eigenvalue weighted by Gasteiger charge is -2.72. The number of carboxylic acid groups (broad SMARTS) is 1. The number of aromatic nitrogens is 1. The smallest absolute Gasteiger partial charge is 0.335 e. The van der Waals surface area contributed by atoms with Crippen LogP contribution in [0.4, 0.5) is 0 Å². The summed E-state index contributed by atoms with van der Waals surface area (Å²) in [5, 5.41) is 12.9. The van der Waals surface area contributed by atoms with Crippen molar-refractivity contribution in [3.8, 4) is 0 Å². The molecule has 0 saturated heterocycles. The van der Waals surface area contributed by atoms with E-state index < -0.39 is 5.97 Å². The van der Waals surface area contributed by atoms with Gasteiger partial charge < -0.3 is 10.4 Å². The van der Waals surface area contributed by atoms with Crippen LogP contribution in [-0.4, -0.2) is 28.5 Å². The highest BCUT2D eigenvalue weighted by Gasteiger charge is 2.71. The first-order chi connectivity index (χ1) is 23.2. The van der Waals surface area contributed by atoms with E-state index in [1.165, 1.54) is 43.2 Å². The number of amides is 1. The number of allylic oxidation sites excluding steroid dienone is 2. The number of rotatable bonds is 7. The number of carbonyl (C=O) groups is 2. The average molecular weight is 665 g/mol. The Morgan fingerprint density at radius 2 is 1.63 bits per heavy atom. The van der Waals surface area contributed by atoms with Crippen molar-refractivity contribution in [2.24, 2.45) is 62.6 Å². The van der Waals surface area contributed by atoms with E-state index in [2.05, 4.69) is 70.9 Å². The van der Waals surface area contributed by atoms with Crippen molar-refractivity contribution in [3.05, 3.63) is 71.6 Å². The van der Waals surface area contributed by atoms with Gasteiger partial charge in [-0.1, -0.05) is 72.7 Å². The summed E-state index contributed by atoms with van der Waals surface area (Å²) in [6, 6.07) is 13.6. The summed E-state index contributed by atoms with van der Waals surface area (Å²) >= 11 is 0. The van der Waals surface area contributed by atoms with Gasteiger partial charge in [-0.15, -0.1) is 0 Å². The monoisotopic (exact) mass is 664 g/mol. The zero-order valence-electron chi connectivity index (χ0n) is 31.1. The molecule has 5 aliphatic rings. The van der Waals surface area contributed by atoms with Gasteiger partial charge in [0.05, 0.1) is 11.0 Å². The summed E-state index contributed by atoms with van der Waals surface area (Å²) < 4.78 is 0. The third-order valence-electron chi connectivity index (χ3n) is 16.2. The molecule has 264 valence electrons. The Bertz CT molecular complexity index is 1610. The molecule has 0 bridgehead atoms. The Labute approximate surface area is 295 Å². The van der Waals surface area contributed by atoms with Crippen LogP contribution in [0.5, 0.6) is 0 Å². The van der Waals surface area contributed by atoms with E-state index in [0.29, 0.717) is 53.5 Å². The molecular formula is C44H60N2O3. The van der Waals surface area contributed by atoms with Gasteiger partial charge in [-0.05, 0) is 150 Å². The van der Waals surface area contributed by atoms with Gasteiger partial charge in [0, 0.05) is 24.9 Å². The number of hydrogen-bond acceptors (Lipinski definition) is 3. The highest BCUT2D eigenvalue weighted by atomic mass is 16.4. The molecule has 4 fully saturated rings. The van der Waals surface area contributed by atoms with Crippen molar-refractivity contribution in [1.82, 2.24) is 10.3 Å². The fourth-order valence-corrected chi connectivity index (χ4v) is 13.7. The maximum atomic E-state index is 14.4. The molecule has 0 aliphatic heterocycles. The number of nitrogens with zero attached hydrogens (tertiary/aromatic N) is 1. The quantitative estimate of drug-likeness (QED) is 0.309. The number of pyridine rings is 1. The first-order valence-corrected chi connectivity index (χ1v) is 19.4. The summed E-state index contributed by atoms with van der Waals surface area (Å²) in [5.41, 5.74) is 4.36. The lowest BCUT2D eigenvalue weighted by atomic mass is 9.32. The molecule has 7 rings (SSSR count). The summed E-state index contributed by atoms with van der Waals surface area (Å²) in [7, 11) is 0. The summed E-state index contributed by atoms with van der Waals surface area (Å²) in [6.07, 6.45) is 15.6. The lowest BCUT2D eigenvalue weighted by molar-refractivity contribution is -0.227. The molecule has 9 atom stereocenters. The molecule has 1 heterocycles. The molecular weight excluding hydrogens is 604 g/mol. The fourth-order valence-electron chi connectivity index (χ4n) is 13.7. The Morgan fingerprint density at radius 1 is 0.878 bits per heavy atom. The second-order valence-corrected chi connectivity index (χ2v) is 18.6. The normalized spacial score (nSPS) is 39.2. The van der Waals surface area contributed by atoms with Crippen molar-refractivity contribution in [2.45, 2.75) is 113 Å². The van der Waals surface area contributed by atoms with Crippen LogP contribution < -0.4 is 5.32 Å². The minimum atomic E-state index is -0.870. The van der Waals surface area contributed by atoms with E-state index in [-0.39, 0.29) is 27.1 Å². The third kappa shape index (κ3) is 5.09. The van der Waals surface area contributed by atoms with Crippen LogP contribution in [0.15, 0.2) is 54.7 Å². The van der Waals surface area contributed by atoms with Gasteiger partial charge in [-0.3, -0.25) is 9.78 Å². The van der Waals surface area contributed by atoms with Crippen LogP contribution in [-0.2, 0) is 11.2 Å². The number of carboxylic acids is 1. The largest absolute Gasteiger partial charge is 0.478 e. The molecule has 5 heteroatoms. The number of fused-ring (bicyclic) bond motifs is 7. The zero-order valence-corrected chi connectivity index (χ0v) is 31.1. The van der Waals surface area contributed by atoms with Gasteiger partial charge in [0.15, 0.2) is 0 Å². The molecule has 5 nitrogen and oxygen atoms in total. The van der Waals surface area contributed by atoms with Crippen LogP contribution in [0, 0.1) is 62.6 Å². The summed E-state index contributed by atoms with van der Waals surface area (Å²) in [6.45, 7) is 18.4. The van der Waals surface area contributed by atoms with Gasteiger partial charge in [0.1, 0.15) is 0 Å². The van der Waals surface area contributed by atoms with Crippen LogP contribution in [0.25, 0.3) is 5.57 Å². The van der Waals surface area contributed by atoms with E-state index >= 15 is 0 Å². The van der Waals surface area contributed by atoms with E-state index in [1.54, 1.807) is 12.1 Å². The van der Waals surface area contributed by atoms with Crippen molar-refractivity contribution < 1.29 is 14.7 Å². The number of carbonyl (C=O) groups excluding carboxylic acids is 1. The number of hydrogen-bond donors (Lipinski definition) is 2. The topological polar surface area (TPSA) is 79.3 Å². The second kappa shape index (κ2) is 12.1. The van der Waals surface area contributed by atoms with Crippen molar-refractivity contribution >= 4 is 17.4 Å². The maximum absolute atomic E-state index is 14.4. The molecule has 0 unspecified atom stereocenters. The van der Waals surface area contributed by atoms with Crippen LogP contribution in [0.1, 0.15) is 128 Å². The van der Waals surface area contributed by atoms with Crippen LogP contribution >= 0.6 is 0 Å². The van der Waals surface area contributed by atoms with E-state index in [0.717, 1.165) is 37.8 Å². The number of benzene rings is 1. The Hall–Kier alpha value is -2.95. The average Bonchev–Trinajstić information content (AvgIpc) is 3.47. The second-order valence-electron chi connectivity index (χ2n) is 18.6. The van der Waals surface area contributed by atoms with Gasteiger partial charge in [0.2, 0.25) is 5.91 Å². The summed E-state index contributed by atoms with van der Waals surface area (Å²) in [5.74, 6) is 2.88. The van der Waals surface area contributed by atoms with E-state index in [9.17, 15) is 14.7 Å². The molecule has 1 aromatic carbocycles. The first kappa shape index (κ1) is 34.5. The highest BCUT2D eigenvalue weighted by Crippen LogP contribution is 2.77. The minimum Gasteiger partial charge on any atom is -0.478 e. The van der Waals surface area contributed by atoms with Crippen LogP contribution in [0.2, 0.25) is 0 Å². The molecule has 0 spiro atoms. The highest BCUT2D eigenvalue weighted by molar-refractivity contribution is 5.88.